The Labute approximate surface area is 551 Å². The number of hydrogen-bond acceptors (Lipinski definition) is 9. The van der Waals surface area contributed by atoms with E-state index in [2.05, 4.69) is 19.1 Å². The fraction of sp³-hybridized carbons (Fsp3) is 0.313. The molecule has 6 aromatic carbocycles. The van der Waals surface area contributed by atoms with Gasteiger partial charge in [-0.3, -0.25) is 14.4 Å². The van der Waals surface area contributed by atoms with Crippen molar-refractivity contribution in [3.05, 3.63) is 295 Å². The van der Waals surface area contributed by atoms with Crippen LogP contribution < -0.4 is 0 Å². The third kappa shape index (κ3) is 22.9. The number of allylic oxidation sites excluding steroid dienone is 10. The van der Waals surface area contributed by atoms with Crippen molar-refractivity contribution in [2.24, 2.45) is 17.8 Å². The van der Waals surface area contributed by atoms with Crippen LogP contribution in [0.15, 0.2) is 234 Å². The average molecular weight is 1250 g/mol. The van der Waals surface area contributed by atoms with Gasteiger partial charge in [0.05, 0.1) is 18.0 Å². The first kappa shape index (κ1) is 79.4. The number of rotatable bonds is 0. The van der Waals surface area contributed by atoms with Gasteiger partial charge in [-0.15, -0.1) is 0 Å². The number of fused-ring (bicyclic) bond motifs is 5. The van der Waals surface area contributed by atoms with Crippen LogP contribution in [0.5, 0.6) is 5.75 Å². The summed E-state index contributed by atoms with van der Waals surface area (Å²) in [5.74, 6) is 2.71. The number of aliphatic hydroxyl groups excluding tert-OH is 5. The highest BCUT2D eigenvalue weighted by atomic mass is 16.3. The Balaban J connectivity index is 0.000000352. The molecular weight excluding hydrogens is 1140 g/mol. The van der Waals surface area contributed by atoms with Crippen molar-refractivity contribution < 1.29 is 45.0 Å². The van der Waals surface area contributed by atoms with Crippen LogP contribution in [0.4, 0.5) is 0 Å². The number of phenolic OH excluding ortho intramolecular Hbond substituents is 1. The van der Waals surface area contributed by atoms with E-state index in [-0.39, 0.29) is 71.4 Å². The van der Waals surface area contributed by atoms with E-state index in [0.717, 1.165) is 123 Å². The van der Waals surface area contributed by atoms with Crippen molar-refractivity contribution in [2.75, 3.05) is 0 Å². The number of ketones is 3. The van der Waals surface area contributed by atoms with Gasteiger partial charge >= 0.3 is 0 Å². The summed E-state index contributed by atoms with van der Waals surface area (Å²) in [4.78, 5) is 34.3. The van der Waals surface area contributed by atoms with E-state index in [1.165, 1.54) is 11.1 Å². The number of aryl methyl sites for hydroxylation is 1. The highest BCUT2D eigenvalue weighted by Gasteiger charge is 2.27. The van der Waals surface area contributed by atoms with E-state index in [0.29, 0.717) is 29.0 Å². The van der Waals surface area contributed by atoms with Crippen molar-refractivity contribution in [1.82, 2.24) is 0 Å². The lowest BCUT2D eigenvalue weighted by Crippen LogP contribution is -2.13. The Morgan fingerprint density at radius 2 is 1.04 bits per heavy atom. The maximum atomic E-state index is 11.6. The number of para-hydroxylation sites is 1. The monoisotopic (exact) mass is 1240 g/mol. The van der Waals surface area contributed by atoms with E-state index < -0.39 is 0 Å². The zero-order chi connectivity index (χ0) is 63.9. The van der Waals surface area contributed by atoms with Crippen LogP contribution in [0, 0.1) is 24.7 Å². The molecule has 0 fully saturated rings. The quantitative estimate of drug-likeness (QED) is 0.0810. The van der Waals surface area contributed by atoms with Gasteiger partial charge in [0.1, 0.15) is 17.6 Å². The number of hydrogen-bond donors (Lipinski definition) is 6. The predicted molar refractivity (Wildman–Crippen MR) is 387 cm³/mol. The lowest BCUT2D eigenvalue weighted by molar-refractivity contribution is 0.0941. The van der Waals surface area contributed by atoms with Crippen molar-refractivity contribution in [3.63, 3.8) is 0 Å². The Kier molecular flexibility index (Phi) is 34.1. The van der Waals surface area contributed by atoms with Crippen LogP contribution in [0.3, 0.4) is 0 Å². The molecule has 0 aliphatic heterocycles. The van der Waals surface area contributed by atoms with Gasteiger partial charge in [0.15, 0.2) is 17.3 Å². The number of Topliss-reactive ketones (excluding diaryl/α,β-unsaturated/α-hetero) is 3. The summed E-state index contributed by atoms with van der Waals surface area (Å²) in [6.45, 7) is 17.5. The van der Waals surface area contributed by atoms with Crippen LogP contribution in [-0.4, -0.2) is 54.1 Å². The first-order valence-corrected chi connectivity index (χ1v) is 30.5. The SMILES string of the molecule is C.C.C.C.CC1=C(O)C=CCC1.CC1=C(O)CC=CC1.CC1=CCC=CC1O.CC1=Cc2ccccc2C1=O.CC1=Cc2ccccc2C1O.CC1C=Cc2ccccc2C1=O.CC1Cc2ccccc2C1=O.CC1Cc2ccccc2C1O.Cc1ccccc1O. The normalized spacial score (nSPS) is 19.7. The summed E-state index contributed by atoms with van der Waals surface area (Å²) in [6.07, 6.45) is 27.3. The molecule has 9 heteroatoms. The fourth-order valence-electron chi connectivity index (χ4n) is 10.5. The summed E-state index contributed by atoms with van der Waals surface area (Å²) in [6, 6.07) is 46.6. The Morgan fingerprint density at radius 1 is 0.478 bits per heavy atom. The summed E-state index contributed by atoms with van der Waals surface area (Å²) < 4.78 is 0. The molecular formula is C83H104O9. The van der Waals surface area contributed by atoms with E-state index in [1.54, 1.807) is 12.1 Å². The standard InChI is InChI=1S/C11H10O.C10H12O.2C10H10O.C10H8O.3C7H10O.C7H8O.4CH4/c1-8-6-7-9-4-2-3-5-10(9)11(8)12;4*1-7-6-8-4-2-3-5-9(8)10(7)11;4*1-6-4-2-3-5-7(6)8;;;;/h2-8H,1H3;2-5,7,10-11H,6H2,1H3;2-5,7H,6H2,1H3;2-6,10-11H,1H3;2-6H,1H3;3,5,8H,2,4H2,1H3;3-5,7-8H,2H2,1H3;2-3,8H,4-5H2,1H3;2-5,8H,1H3;4*1H4. The average Bonchev–Trinajstić information content (AvgIpc) is 1.50. The van der Waals surface area contributed by atoms with E-state index >= 15 is 0 Å². The van der Waals surface area contributed by atoms with Gasteiger partial charge < -0.3 is 30.6 Å². The highest BCUT2D eigenvalue weighted by Crippen LogP contribution is 2.36. The molecule has 0 aromatic heterocycles. The molecule has 0 amide bonds. The van der Waals surface area contributed by atoms with E-state index in [4.69, 9.17) is 20.4 Å². The molecule has 14 rings (SSSR count). The minimum Gasteiger partial charge on any atom is -0.512 e. The maximum absolute atomic E-state index is 11.6. The Morgan fingerprint density at radius 3 is 1.57 bits per heavy atom. The van der Waals surface area contributed by atoms with Crippen molar-refractivity contribution in [3.8, 4) is 5.75 Å². The summed E-state index contributed by atoms with van der Waals surface area (Å²) >= 11 is 0. The lowest BCUT2D eigenvalue weighted by atomic mass is 9.90. The van der Waals surface area contributed by atoms with Crippen LogP contribution in [0.25, 0.3) is 18.2 Å². The minimum atomic E-state index is -0.369. The molecule has 9 nitrogen and oxygen atoms in total. The largest absolute Gasteiger partial charge is 0.512 e. The van der Waals surface area contributed by atoms with Crippen LogP contribution in [0.2, 0.25) is 0 Å². The van der Waals surface area contributed by atoms with Gasteiger partial charge in [-0.25, -0.2) is 0 Å². The zero-order valence-electron chi connectivity index (χ0n) is 52.5. The number of carbonyl (C=O) groups is 3. The molecule has 6 atom stereocenters. The van der Waals surface area contributed by atoms with Gasteiger partial charge in [0.25, 0.3) is 0 Å². The maximum Gasteiger partial charge on any atom is 0.189 e. The second kappa shape index (κ2) is 39.5. The molecule has 92 heavy (non-hydrogen) atoms. The van der Waals surface area contributed by atoms with E-state index in [1.807, 2.05) is 244 Å². The number of aliphatic hydroxyl groups is 5. The molecule has 0 saturated heterocycles. The number of phenols is 1. The molecule has 6 aromatic rings. The van der Waals surface area contributed by atoms with Crippen molar-refractivity contribution in [1.29, 1.82) is 0 Å². The molecule has 0 saturated carbocycles. The fourth-order valence-corrected chi connectivity index (χ4v) is 10.5. The van der Waals surface area contributed by atoms with Gasteiger partial charge in [-0.1, -0.05) is 245 Å². The summed E-state index contributed by atoms with van der Waals surface area (Å²) in [5.41, 5.74) is 16.6. The lowest BCUT2D eigenvalue weighted by Gasteiger charge is -2.13. The molecule has 8 aliphatic rings. The van der Waals surface area contributed by atoms with Crippen LogP contribution >= 0.6 is 0 Å². The molecule has 8 aliphatic carbocycles. The summed E-state index contributed by atoms with van der Waals surface area (Å²) in [5, 5.41) is 55.1. The second-order valence-corrected chi connectivity index (χ2v) is 23.3. The number of benzene rings is 6. The zero-order valence-corrected chi connectivity index (χ0v) is 52.5. The third-order valence-electron chi connectivity index (χ3n) is 16.2. The number of carbonyl (C=O) groups excluding carboxylic acids is 3. The van der Waals surface area contributed by atoms with Gasteiger partial charge in [0, 0.05) is 34.9 Å². The predicted octanol–water partition coefficient (Wildman–Crippen LogP) is 20.8. The van der Waals surface area contributed by atoms with Crippen molar-refractivity contribution >= 4 is 35.6 Å². The molecule has 6 N–H and O–H groups in total. The first-order chi connectivity index (χ1) is 42.2. The third-order valence-corrected chi connectivity index (χ3v) is 16.2. The van der Waals surface area contributed by atoms with Gasteiger partial charge in [0.2, 0.25) is 0 Å². The molecule has 6 unspecified atom stereocenters. The Bertz CT molecular complexity index is 3620. The summed E-state index contributed by atoms with van der Waals surface area (Å²) in [7, 11) is 0. The highest BCUT2D eigenvalue weighted by molar-refractivity contribution is 6.17. The van der Waals surface area contributed by atoms with Gasteiger partial charge in [-0.05, 0) is 177 Å². The topological polar surface area (TPSA) is 173 Å². The molecule has 0 spiro atoms. The number of aromatic hydroxyl groups is 1. The molecule has 0 heterocycles. The smallest absolute Gasteiger partial charge is 0.189 e. The van der Waals surface area contributed by atoms with Crippen molar-refractivity contribution in [2.45, 2.75) is 155 Å². The minimum absolute atomic E-state index is 0. The van der Waals surface area contributed by atoms with Crippen LogP contribution in [0.1, 0.15) is 205 Å². The van der Waals surface area contributed by atoms with Gasteiger partial charge in [-0.2, -0.15) is 0 Å². The molecule has 490 valence electrons. The molecule has 0 bridgehead atoms. The van der Waals surface area contributed by atoms with E-state index in [9.17, 15) is 24.6 Å². The Hall–Kier alpha value is -8.73. The second-order valence-electron chi connectivity index (χ2n) is 23.3. The first-order valence-electron chi connectivity index (χ1n) is 30.5. The molecule has 0 radical (unpaired) electrons. The van der Waals surface area contributed by atoms with Crippen LogP contribution in [-0.2, 0) is 12.8 Å².